The summed E-state index contributed by atoms with van der Waals surface area (Å²) in [6.45, 7) is 5.96. The molecule has 108 valence electrons. The van der Waals surface area contributed by atoms with Crippen molar-refractivity contribution in [3.63, 3.8) is 0 Å². The molecule has 0 fully saturated rings. The van der Waals surface area contributed by atoms with Crippen LogP contribution >= 0.6 is 11.6 Å². The van der Waals surface area contributed by atoms with Crippen molar-refractivity contribution in [3.8, 4) is 5.75 Å². The highest BCUT2D eigenvalue weighted by atomic mass is 35.5. The van der Waals surface area contributed by atoms with E-state index in [0.29, 0.717) is 24.7 Å². The van der Waals surface area contributed by atoms with Gasteiger partial charge in [0.05, 0.1) is 6.61 Å². The Hall–Kier alpha value is -0.810. The fourth-order valence-electron chi connectivity index (χ4n) is 1.81. The van der Waals surface area contributed by atoms with Crippen LogP contribution in [-0.2, 0) is 4.74 Å². The van der Waals surface area contributed by atoms with Gasteiger partial charge in [-0.25, -0.2) is 0 Å². The van der Waals surface area contributed by atoms with E-state index in [0.717, 1.165) is 16.9 Å². The van der Waals surface area contributed by atoms with Gasteiger partial charge in [0.15, 0.2) is 0 Å². The number of nitrogens with one attached hydrogen (secondary N) is 1. The van der Waals surface area contributed by atoms with E-state index in [4.69, 9.17) is 21.1 Å². The van der Waals surface area contributed by atoms with Gasteiger partial charge >= 0.3 is 0 Å². The van der Waals surface area contributed by atoms with Gasteiger partial charge in [0.2, 0.25) is 0 Å². The van der Waals surface area contributed by atoms with Crippen molar-refractivity contribution >= 4 is 11.6 Å². The molecule has 1 aromatic rings. The Balaban J connectivity index is 2.40. The van der Waals surface area contributed by atoms with E-state index < -0.39 is 6.10 Å². The standard InChI is InChI=1S/C14H22ClNO3/c1-10-6-12(15)7-11(2)14(10)19-9-13(17)8-16-4-5-18-3/h6-7,13,16-17H,4-5,8-9H2,1-3H3. The van der Waals surface area contributed by atoms with E-state index in [1.165, 1.54) is 0 Å². The van der Waals surface area contributed by atoms with Crippen LogP contribution in [-0.4, -0.2) is 44.6 Å². The Morgan fingerprint density at radius 2 is 1.95 bits per heavy atom. The predicted molar refractivity (Wildman–Crippen MR) is 77.2 cm³/mol. The van der Waals surface area contributed by atoms with Gasteiger partial charge in [-0.15, -0.1) is 0 Å². The van der Waals surface area contributed by atoms with Gasteiger partial charge < -0.3 is 19.9 Å². The van der Waals surface area contributed by atoms with E-state index >= 15 is 0 Å². The van der Waals surface area contributed by atoms with Crippen LogP contribution in [0.4, 0.5) is 0 Å². The Morgan fingerprint density at radius 3 is 2.53 bits per heavy atom. The summed E-state index contributed by atoms with van der Waals surface area (Å²) < 4.78 is 10.6. The highest BCUT2D eigenvalue weighted by Crippen LogP contribution is 2.27. The first-order valence-corrected chi connectivity index (χ1v) is 6.69. The van der Waals surface area contributed by atoms with Gasteiger partial charge in [-0.3, -0.25) is 0 Å². The van der Waals surface area contributed by atoms with E-state index in [-0.39, 0.29) is 6.61 Å². The third kappa shape index (κ3) is 5.78. The van der Waals surface area contributed by atoms with Crippen LogP contribution in [0.25, 0.3) is 0 Å². The molecule has 0 heterocycles. The summed E-state index contributed by atoms with van der Waals surface area (Å²) in [6.07, 6.45) is -0.550. The van der Waals surface area contributed by atoms with Crippen molar-refractivity contribution < 1.29 is 14.6 Å². The van der Waals surface area contributed by atoms with E-state index in [2.05, 4.69) is 5.32 Å². The number of halogens is 1. The second-order valence-corrected chi connectivity index (χ2v) is 4.97. The summed E-state index contributed by atoms with van der Waals surface area (Å²) in [5, 5.41) is 13.6. The molecule has 0 aliphatic rings. The maximum atomic E-state index is 9.79. The molecule has 0 spiro atoms. The second kappa shape index (κ2) is 8.38. The number of aryl methyl sites for hydroxylation is 2. The fraction of sp³-hybridized carbons (Fsp3) is 0.571. The van der Waals surface area contributed by atoms with E-state index in [9.17, 15) is 5.11 Å². The maximum Gasteiger partial charge on any atom is 0.125 e. The first-order chi connectivity index (χ1) is 9.04. The zero-order valence-electron chi connectivity index (χ0n) is 11.7. The molecular formula is C14H22ClNO3. The molecule has 1 atom stereocenters. The van der Waals surface area contributed by atoms with Gasteiger partial charge in [0, 0.05) is 25.2 Å². The predicted octanol–water partition coefficient (Wildman–Crippen LogP) is 1.93. The molecule has 0 saturated carbocycles. The molecule has 1 aromatic carbocycles. The number of hydrogen-bond donors (Lipinski definition) is 2. The number of ether oxygens (including phenoxy) is 2. The summed E-state index contributed by atoms with van der Waals surface area (Å²) in [5.74, 6) is 0.792. The molecule has 0 bridgehead atoms. The number of aliphatic hydroxyl groups excluding tert-OH is 1. The molecule has 2 N–H and O–H groups in total. The molecule has 19 heavy (non-hydrogen) atoms. The van der Waals surface area contributed by atoms with Crippen LogP contribution in [0.1, 0.15) is 11.1 Å². The lowest BCUT2D eigenvalue weighted by molar-refractivity contribution is 0.103. The minimum absolute atomic E-state index is 0.253. The molecule has 0 aliphatic carbocycles. The quantitative estimate of drug-likeness (QED) is 0.718. The Morgan fingerprint density at radius 1 is 1.32 bits per heavy atom. The first-order valence-electron chi connectivity index (χ1n) is 6.32. The fourth-order valence-corrected chi connectivity index (χ4v) is 2.13. The number of rotatable bonds is 8. The average Bonchev–Trinajstić information content (AvgIpc) is 2.33. The monoisotopic (exact) mass is 287 g/mol. The summed E-state index contributed by atoms with van der Waals surface area (Å²) in [6, 6.07) is 3.71. The first kappa shape index (κ1) is 16.2. The summed E-state index contributed by atoms with van der Waals surface area (Å²) in [4.78, 5) is 0. The van der Waals surface area contributed by atoms with Gasteiger partial charge in [-0.2, -0.15) is 0 Å². The molecule has 0 amide bonds. The zero-order valence-corrected chi connectivity index (χ0v) is 12.5. The van der Waals surface area contributed by atoms with Crippen molar-refractivity contribution in [2.24, 2.45) is 0 Å². The molecule has 5 heteroatoms. The normalized spacial score (nSPS) is 12.5. The molecule has 4 nitrogen and oxygen atoms in total. The van der Waals surface area contributed by atoms with Crippen molar-refractivity contribution in [2.75, 3.05) is 33.4 Å². The van der Waals surface area contributed by atoms with Crippen molar-refractivity contribution in [1.29, 1.82) is 0 Å². The third-order valence-electron chi connectivity index (χ3n) is 2.71. The third-order valence-corrected chi connectivity index (χ3v) is 2.93. The summed E-state index contributed by atoms with van der Waals surface area (Å²) >= 11 is 5.96. The smallest absolute Gasteiger partial charge is 0.125 e. The summed E-state index contributed by atoms with van der Waals surface area (Å²) in [7, 11) is 1.65. The Kier molecular flexibility index (Phi) is 7.16. The highest BCUT2D eigenvalue weighted by molar-refractivity contribution is 6.30. The van der Waals surface area contributed by atoms with E-state index in [1.54, 1.807) is 7.11 Å². The SMILES string of the molecule is COCCNCC(O)COc1c(C)cc(Cl)cc1C. The molecule has 0 saturated heterocycles. The topological polar surface area (TPSA) is 50.7 Å². The van der Waals surface area contributed by atoms with Crippen LogP contribution in [0.15, 0.2) is 12.1 Å². The van der Waals surface area contributed by atoms with Crippen LogP contribution < -0.4 is 10.1 Å². The lowest BCUT2D eigenvalue weighted by Gasteiger charge is -2.16. The average molecular weight is 288 g/mol. The van der Waals surface area contributed by atoms with E-state index in [1.807, 2.05) is 26.0 Å². The molecule has 1 unspecified atom stereocenters. The van der Waals surface area contributed by atoms with Crippen LogP contribution in [0.5, 0.6) is 5.75 Å². The van der Waals surface area contributed by atoms with Gasteiger partial charge in [0.1, 0.15) is 18.5 Å². The van der Waals surface area contributed by atoms with Crippen LogP contribution in [0.2, 0.25) is 5.02 Å². The molecular weight excluding hydrogens is 266 g/mol. The van der Waals surface area contributed by atoms with Crippen molar-refractivity contribution in [2.45, 2.75) is 20.0 Å². The molecule has 0 aliphatic heterocycles. The molecule has 0 aromatic heterocycles. The number of hydrogen-bond acceptors (Lipinski definition) is 4. The molecule has 1 rings (SSSR count). The largest absolute Gasteiger partial charge is 0.490 e. The van der Waals surface area contributed by atoms with Crippen molar-refractivity contribution in [3.05, 3.63) is 28.3 Å². The minimum Gasteiger partial charge on any atom is -0.490 e. The number of methoxy groups -OCH3 is 1. The minimum atomic E-state index is -0.550. The number of benzene rings is 1. The van der Waals surface area contributed by atoms with Crippen molar-refractivity contribution in [1.82, 2.24) is 5.32 Å². The lowest BCUT2D eigenvalue weighted by atomic mass is 10.1. The summed E-state index contributed by atoms with van der Waals surface area (Å²) in [5.41, 5.74) is 1.95. The molecule has 0 radical (unpaired) electrons. The van der Waals surface area contributed by atoms with Gasteiger partial charge in [0.25, 0.3) is 0 Å². The van der Waals surface area contributed by atoms with Crippen LogP contribution in [0, 0.1) is 13.8 Å². The Bertz CT molecular complexity index is 375. The second-order valence-electron chi connectivity index (χ2n) is 4.53. The zero-order chi connectivity index (χ0) is 14.3. The Labute approximate surface area is 119 Å². The van der Waals surface area contributed by atoms with Gasteiger partial charge in [-0.1, -0.05) is 11.6 Å². The lowest BCUT2D eigenvalue weighted by Crippen LogP contribution is -2.33. The maximum absolute atomic E-state index is 9.79. The number of aliphatic hydroxyl groups is 1. The van der Waals surface area contributed by atoms with Gasteiger partial charge in [-0.05, 0) is 37.1 Å². The highest BCUT2D eigenvalue weighted by Gasteiger charge is 2.09. The van der Waals surface area contributed by atoms with Crippen LogP contribution in [0.3, 0.4) is 0 Å².